The number of hydrogen-bond donors (Lipinski definition) is 1. The highest BCUT2D eigenvalue weighted by Gasteiger charge is 2.33. The monoisotopic (exact) mass is 518 g/mol. The van der Waals surface area contributed by atoms with Crippen LogP contribution in [0.3, 0.4) is 0 Å². The van der Waals surface area contributed by atoms with Gasteiger partial charge in [-0.05, 0) is 83.9 Å². The number of benzene rings is 3. The first-order valence-electron chi connectivity index (χ1n) is 12.4. The number of fused-ring (bicyclic) bond motifs is 1. The first kappa shape index (κ1) is 23.9. The maximum atomic E-state index is 13.6. The van der Waals surface area contributed by atoms with Crippen LogP contribution in [0.5, 0.6) is 5.75 Å². The Morgan fingerprint density at radius 2 is 1.76 bits per heavy atom. The molecule has 1 N–H and O–H groups in total. The summed E-state index contributed by atoms with van der Waals surface area (Å²) in [7, 11) is 1.66. The maximum Gasteiger partial charge on any atom is 0.266 e. The second kappa shape index (κ2) is 10.5. The minimum Gasteiger partial charge on any atom is -0.497 e. The number of H-pyrrole nitrogens is 1. The van der Waals surface area contributed by atoms with Crippen LogP contribution >= 0.6 is 11.8 Å². The van der Waals surface area contributed by atoms with Crippen molar-refractivity contribution in [2.75, 3.05) is 13.7 Å². The normalized spacial score (nSPS) is 15.7. The van der Waals surface area contributed by atoms with E-state index in [-0.39, 0.29) is 5.91 Å². The van der Waals surface area contributed by atoms with Gasteiger partial charge in [-0.1, -0.05) is 36.4 Å². The highest BCUT2D eigenvalue weighted by molar-refractivity contribution is 8.18. The van der Waals surface area contributed by atoms with Crippen LogP contribution in [0.25, 0.3) is 22.7 Å². The number of aromatic amines is 1. The molecule has 1 saturated heterocycles. The van der Waals surface area contributed by atoms with Gasteiger partial charge in [-0.3, -0.25) is 9.69 Å². The Kier molecular flexibility index (Phi) is 6.58. The number of aliphatic imine (C=N–C) groups is 1. The van der Waals surface area contributed by atoms with E-state index in [0.717, 1.165) is 34.6 Å². The van der Waals surface area contributed by atoms with E-state index in [1.54, 1.807) is 12.0 Å². The van der Waals surface area contributed by atoms with Crippen LogP contribution in [0.2, 0.25) is 0 Å². The average molecular weight is 519 g/mol. The summed E-state index contributed by atoms with van der Waals surface area (Å²) in [4.78, 5) is 24.2. The predicted molar refractivity (Wildman–Crippen MR) is 155 cm³/mol. The molecule has 1 aliphatic heterocycles. The molecule has 1 amide bonds. The van der Waals surface area contributed by atoms with Crippen molar-refractivity contribution in [2.45, 2.75) is 6.42 Å². The van der Waals surface area contributed by atoms with Crippen molar-refractivity contribution in [3.05, 3.63) is 120 Å². The summed E-state index contributed by atoms with van der Waals surface area (Å²) in [5.41, 5.74) is 5.09. The van der Waals surface area contributed by atoms with Crippen molar-refractivity contribution in [1.29, 1.82) is 0 Å². The summed E-state index contributed by atoms with van der Waals surface area (Å²) >= 11 is 1.42. The Balaban J connectivity index is 1.27. The molecule has 0 atom stereocenters. The number of methoxy groups -OCH3 is 1. The molecule has 0 spiro atoms. The highest BCUT2D eigenvalue weighted by atomic mass is 32.2. The molecule has 6 rings (SSSR count). The van der Waals surface area contributed by atoms with Crippen molar-refractivity contribution in [2.24, 2.45) is 4.99 Å². The van der Waals surface area contributed by atoms with E-state index < -0.39 is 0 Å². The molecular formula is C31H26N4O2S. The molecule has 0 aliphatic carbocycles. The van der Waals surface area contributed by atoms with E-state index in [1.165, 1.54) is 22.7 Å². The molecule has 5 aromatic rings. The second-order valence-electron chi connectivity index (χ2n) is 8.96. The maximum absolute atomic E-state index is 13.6. The molecule has 1 aliphatic rings. The van der Waals surface area contributed by atoms with E-state index in [2.05, 4.69) is 17.1 Å². The largest absolute Gasteiger partial charge is 0.497 e. The second-order valence-corrected chi connectivity index (χ2v) is 9.97. The molecule has 0 bridgehead atoms. The number of thioether (sulfide) groups is 1. The fourth-order valence-electron chi connectivity index (χ4n) is 4.54. The van der Waals surface area contributed by atoms with Crippen molar-refractivity contribution >= 4 is 45.5 Å². The third-order valence-electron chi connectivity index (χ3n) is 6.53. The summed E-state index contributed by atoms with van der Waals surface area (Å²) in [5.74, 6) is 0.788. The van der Waals surface area contributed by atoms with Crippen LogP contribution in [-0.2, 0) is 11.2 Å². The zero-order chi connectivity index (χ0) is 25.9. The van der Waals surface area contributed by atoms with Gasteiger partial charge in [0.25, 0.3) is 5.91 Å². The number of rotatable bonds is 7. The molecule has 38 heavy (non-hydrogen) atoms. The number of hydrogen-bond acceptors (Lipinski definition) is 4. The lowest BCUT2D eigenvalue weighted by Crippen LogP contribution is -2.31. The Hall–Kier alpha value is -4.49. The number of carbonyl (C=O) groups excluding carboxylic acids is 1. The zero-order valence-corrected chi connectivity index (χ0v) is 21.7. The summed E-state index contributed by atoms with van der Waals surface area (Å²) in [5, 5.41) is 1.88. The molecule has 3 heterocycles. The van der Waals surface area contributed by atoms with E-state index in [4.69, 9.17) is 9.73 Å². The molecule has 1 fully saturated rings. The van der Waals surface area contributed by atoms with E-state index >= 15 is 0 Å². The first-order chi connectivity index (χ1) is 18.7. The Morgan fingerprint density at radius 1 is 0.974 bits per heavy atom. The standard InChI is InChI=1S/C31H26N4O2S/c1-37-26-13-11-25(12-14-26)34-17-15-22(21-34)19-29-30(36)35(31(38-29)33-24-7-3-2-4-8-24)18-16-23-20-32-28-10-6-5-9-27(23)28/h2-15,17,19-21,32H,16,18H2,1H3/b29-19+,33-31?. The zero-order valence-electron chi connectivity index (χ0n) is 20.9. The van der Waals surface area contributed by atoms with Crippen molar-refractivity contribution in [3.63, 3.8) is 0 Å². The Morgan fingerprint density at radius 3 is 2.58 bits per heavy atom. The van der Waals surface area contributed by atoms with Gasteiger partial charge in [0.2, 0.25) is 0 Å². The van der Waals surface area contributed by atoms with Crippen LogP contribution < -0.4 is 4.74 Å². The lowest BCUT2D eigenvalue weighted by atomic mass is 10.1. The fraction of sp³-hybridized carbons (Fsp3) is 0.0968. The molecule has 188 valence electrons. The van der Waals surface area contributed by atoms with Crippen LogP contribution in [-0.4, -0.2) is 39.2 Å². The molecular weight excluding hydrogens is 492 g/mol. The lowest BCUT2D eigenvalue weighted by Gasteiger charge is -2.15. The van der Waals surface area contributed by atoms with Crippen molar-refractivity contribution in [1.82, 2.24) is 14.5 Å². The van der Waals surface area contributed by atoms with Crippen LogP contribution in [0.15, 0.2) is 113 Å². The number of amides is 1. The van der Waals surface area contributed by atoms with E-state index in [0.29, 0.717) is 16.6 Å². The summed E-state index contributed by atoms with van der Waals surface area (Å²) in [6, 6.07) is 27.9. The minimum atomic E-state index is -0.0262. The average Bonchev–Trinajstić information content (AvgIpc) is 3.67. The summed E-state index contributed by atoms with van der Waals surface area (Å²) in [6.45, 7) is 0.545. The van der Waals surface area contributed by atoms with Gasteiger partial charge in [0.1, 0.15) is 5.75 Å². The van der Waals surface area contributed by atoms with Crippen LogP contribution in [0.4, 0.5) is 5.69 Å². The van der Waals surface area contributed by atoms with Crippen molar-refractivity contribution in [3.8, 4) is 11.4 Å². The molecule has 2 aromatic heterocycles. The third kappa shape index (κ3) is 4.88. The molecule has 0 unspecified atom stereocenters. The minimum absolute atomic E-state index is 0.0262. The molecule has 6 nitrogen and oxygen atoms in total. The van der Waals surface area contributed by atoms with Gasteiger partial charge in [0.05, 0.1) is 17.7 Å². The van der Waals surface area contributed by atoms with Gasteiger partial charge < -0.3 is 14.3 Å². The van der Waals surface area contributed by atoms with Gasteiger partial charge in [0, 0.05) is 41.7 Å². The lowest BCUT2D eigenvalue weighted by molar-refractivity contribution is -0.122. The van der Waals surface area contributed by atoms with E-state index in [9.17, 15) is 4.79 Å². The summed E-state index contributed by atoms with van der Waals surface area (Å²) in [6.07, 6.45) is 8.72. The number of nitrogens with one attached hydrogen (secondary N) is 1. The SMILES string of the molecule is COc1ccc(-n2ccc(/C=C3/SC(=Nc4ccccc4)N(CCc4c[nH]c5ccccc45)C3=O)c2)cc1. The van der Waals surface area contributed by atoms with Gasteiger partial charge in [-0.15, -0.1) is 0 Å². The molecule has 7 heteroatoms. The van der Waals surface area contributed by atoms with E-state index in [1.807, 2.05) is 102 Å². The number of carbonyl (C=O) groups is 1. The van der Waals surface area contributed by atoms with Crippen LogP contribution in [0, 0.1) is 0 Å². The predicted octanol–water partition coefficient (Wildman–Crippen LogP) is 6.81. The number of amidine groups is 1. The third-order valence-corrected chi connectivity index (χ3v) is 7.54. The molecule has 0 radical (unpaired) electrons. The Labute approximate surface area is 225 Å². The number of ether oxygens (including phenoxy) is 1. The highest BCUT2D eigenvalue weighted by Crippen LogP contribution is 2.35. The van der Waals surface area contributed by atoms with Gasteiger partial charge in [-0.2, -0.15) is 0 Å². The number of aromatic nitrogens is 2. The topological polar surface area (TPSA) is 62.6 Å². The van der Waals surface area contributed by atoms with Gasteiger partial charge in [0.15, 0.2) is 5.17 Å². The number of nitrogens with zero attached hydrogens (tertiary/aromatic N) is 3. The van der Waals surface area contributed by atoms with Crippen molar-refractivity contribution < 1.29 is 9.53 Å². The smallest absolute Gasteiger partial charge is 0.266 e. The van der Waals surface area contributed by atoms with Crippen LogP contribution in [0.1, 0.15) is 11.1 Å². The molecule has 3 aromatic carbocycles. The van der Waals surface area contributed by atoms with Gasteiger partial charge >= 0.3 is 0 Å². The first-order valence-corrected chi connectivity index (χ1v) is 13.2. The molecule has 0 saturated carbocycles. The fourth-order valence-corrected chi connectivity index (χ4v) is 5.56. The quantitative estimate of drug-likeness (QED) is 0.241. The van der Waals surface area contributed by atoms with Gasteiger partial charge in [-0.25, -0.2) is 4.99 Å². The number of para-hydroxylation sites is 2. The Bertz CT molecular complexity index is 1650. The summed E-state index contributed by atoms with van der Waals surface area (Å²) < 4.78 is 7.29.